The van der Waals surface area contributed by atoms with Gasteiger partial charge in [-0.15, -0.1) is 0 Å². The number of carbonyl (C=O) groups is 2. The van der Waals surface area contributed by atoms with Gasteiger partial charge in [0.1, 0.15) is 5.82 Å². The van der Waals surface area contributed by atoms with Crippen LogP contribution in [0, 0.1) is 5.82 Å². The average Bonchev–Trinajstić information content (AvgIpc) is 3.59. The van der Waals surface area contributed by atoms with Crippen LogP contribution in [0.3, 0.4) is 0 Å². The predicted octanol–water partition coefficient (Wildman–Crippen LogP) is 4.27. The number of rotatable bonds is 5. The van der Waals surface area contributed by atoms with Gasteiger partial charge in [0.15, 0.2) is 5.76 Å². The fraction of sp³-hybridized carbons (Fsp3) is 0.148. The summed E-state index contributed by atoms with van der Waals surface area (Å²) in [5.74, 6) is -0.343. The smallest absolute Gasteiger partial charge is 0.289 e. The van der Waals surface area contributed by atoms with Crippen molar-refractivity contribution in [1.82, 2.24) is 19.6 Å². The largest absolute Gasteiger partial charge is 0.459 e. The lowest BCUT2D eigenvalue weighted by Gasteiger charge is -2.33. The molecule has 5 rings (SSSR count). The minimum Gasteiger partial charge on any atom is -0.459 e. The minimum absolute atomic E-state index is 0.146. The average molecular weight is 471 g/mol. The highest BCUT2D eigenvalue weighted by molar-refractivity contribution is 5.94. The number of hydrogen-bond donors (Lipinski definition) is 0. The summed E-state index contributed by atoms with van der Waals surface area (Å²) >= 11 is 0. The lowest BCUT2D eigenvalue weighted by molar-refractivity contribution is -0.127. The molecule has 2 aromatic heterocycles. The third-order valence-electron chi connectivity index (χ3n) is 5.90. The van der Waals surface area contributed by atoms with Gasteiger partial charge in [0, 0.05) is 49.6 Å². The van der Waals surface area contributed by atoms with Gasteiger partial charge in [0.05, 0.1) is 17.6 Å². The predicted molar refractivity (Wildman–Crippen MR) is 129 cm³/mol. The minimum atomic E-state index is -0.326. The van der Waals surface area contributed by atoms with Crippen molar-refractivity contribution in [3.05, 3.63) is 102 Å². The van der Waals surface area contributed by atoms with E-state index in [0.29, 0.717) is 37.6 Å². The molecule has 1 saturated heterocycles. The number of halogens is 1. The van der Waals surface area contributed by atoms with Crippen molar-refractivity contribution in [3.8, 4) is 16.9 Å². The van der Waals surface area contributed by atoms with Crippen LogP contribution in [0.5, 0.6) is 0 Å². The Balaban J connectivity index is 1.32. The number of furan rings is 1. The monoisotopic (exact) mass is 470 g/mol. The SMILES string of the molecule is O=C(/C=C/c1cn(-c2ccccc2)nc1-c1ccc(F)cc1)N1CCN(C(=O)c2ccco2)CC1. The summed E-state index contributed by atoms with van der Waals surface area (Å²) in [6, 6.07) is 19.1. The van der Waals surface area contributed by atoms with E-state index in [-0.39, 0.29) is 17.6 Å². The Morgan fingerprint density at radius 3 is 2.29 bits per heavy atom. The normalized spacial score (nSPS) is 14.0. The van der Waals surface area contributed by atoms with Crippen LogP contribution in [0.2, 0.25) is 0 Å². The standard InChI is InChI=1S/C27H23FN4O3/c28-22-11-8-20(9-12-22)26-21(19-32(29-26)23-5-2-1-3-6-23)10-13-25(33)30-14-16-31(17-15-30)27(34)24-7-4-18-35-24/h1-13,18-19H,14-17H2/b13-10+. The third kappa shape index (κ3) is 4.91. The molecule has 1 aliphatic rings. The van der Waals surface area contributed by atoms with Gasteiger partial charge in [0.25, 0.3) is 5.91 Å². The zero-order valence-electron chi connectivity index (χ0n) is 18.9. The molecule has 35 heavy (non-hydrogen) atoms. The van der Waals surface area contributed by atoms with Crippen LogP contribution < -0.4 is 0 Å². The van der Waals surface area contributed by atoms with Gasteiger partial charge in [-0.25, -0.2) is 9.07 Å². The highest BCUT2D eigenvalue weighted by Crippen LogP contribution is 2.25. The van der Waals surface area contributed by atoms with Gasteiger partial charge < -0.3 is 14.2 Å². The van der Waals surface area contributed by atoms with Crippen LogP contribution in [-0.4, -0.2) is 57.6 Å². The van der Waals surface area contributed by atoms with Crippen LogP contribution >= 0.6 is 0 Å². The highest BCUT2D eigenvalue weighted by Gasteiger charge is 2.25. The number of para-hydroxylation sites is 1. The fourth-order valence-electron chi connectivity index (χ4n) is 4.01. The number of amides is 2. The molecular weight excluding hydrogens is 447 g/mol. The molecule has 0 N–H and O–H groups in total. The molecule has 4 aromatic rings. The lowest BCUT2D eigenvalue weighted by Crippen LogP contribution is -2.50. The Morgan fingerprint density at radius 2 is 1.60 bits per heavy atom. The zero-order chi connectivity index (χ0) is 24.2. The number of piperazine rings is 1. The van der Waals surface area contributed by atoms with E-state index < -0.39 is 0 Å². The summed E-state index contributed by atoms with van der Waals surface area (Å²) in [5, 5.41) is 4.69. The molecule has 0 aliphatic carbocycles. The lowest BCUT2D eigenvalue weighted by atomic mass is 10.1. The Morgan fingerprint density at radius 1 is 0.886 bits per heavy atom. The Hall–Kier alpha value is -4.46. The maximum Gasteiger partial charge on any atom is 0.289 e. The first-order chi connectivity index (χ1) is 17.1. The van der Waals surface area contributed by atoms with E-state index in [1.807, 2.05) is 36.5 Å². The molecule has 0 saturated carbocycles. The van der Waals surface area contributed by atoms with Gasteiger partial charge in [0.2, 0.25) is 5.91 Å². The Labute approximate surface area is 201 Å². The maximum absolute atomic E-state index is 13.5. The van der Waals surface area contributed by atoms with E-state index in [4.69, 9.17) is 4.42 Å². The number of benzene rings is 2. The van der Waals surface area contributed by atoms with Crippen molar-refractivity contribution in [2.45, 2.75) is 0 Å². The second-order valence-electron chi connectivity index (χ2n) is 8.15. The van der Waals surface area contributed by atoms with E-state index in [1.54, 1.807) is 44.8 Å². The molecule has 3 heterocycles. The van der Waals surface area contributed by atoms with Gasteiger partial charge in [-0.1, -0.05) is 18.2 Å². The van der Waals surface area contributed by atoms with Crippen LogP contribution in [-0.2, 0) is 4.79 Å². The second kappa shape index (κ2) is 9.80. The molecule has 0 atom stereocenters. The van der Waals surface area contributed by atoms with E-state index >= 15 is 0 Å². The highest BCUT2D eigenvalue weighted by atomic mass is 19.1. The van der Waals surface area contributed by atoms with Gasteiger partial charge in [-0.2, -0.15) is 5.10 Å². The van der Waals surface area contributed by atoms with Gasteiger partial charge in [-0.05, 0) is 54.6 Å². The topological polar surface area (TPSA) is 71.6 Å². The van der Waals surface area contributed by atoms with Crippen molar-refractivity contribution >= 4 is 17.9 Å². The van der Waals surface area contributed by atoms with Crippen LogP contribution in [0.4, 0.5) is 4.39 Å². The van der Waals surface area contributed by atoms with Gasteiger partial charge in [-0.3, -0.25) is 9.59 Å². The first kappa shape index (κ1) is 22.3. The summed E-state index contributed by atoms with van der Waals surface area (Å²) in [5.41, 5.74) is 3.00. The quantitative estimate of drug-likeness (QED) is 0.409. The first-order valence-corrected chi connectivity index (χ1v) is 11.3. The molecule has 0 spiro atoms. The molecular formula is C27H23FN4O3. The van der Waals surface area contributed by atoms with E-state index in [2.05, 4.69) is 5.10 Å². The van der Waals surface area contributed by atoms with Crippen molar-refractivity contribution in [2.75, 3.05) is 26.2 Å². The molecule has 8 heteroatoms. The van der Waals surface area contributed by atoms with E-state index in [1.165, 1.54) is 24.5 Å². The van der Waals surface area contributed by atoms with Crippen LogP contribution in [0.1, 0.15) is 16.1 Å². The first-order valence-electron chi connectivity index (χ1n) is 11.3. The van der Waals surface area contributed by atoms with Crippen molar-refractivity contribution in [1.29, 1.82) is 0 Å². The molecule has 0 bridgehead atoms. The molecule has 176 valence electrons. The zero-order valence-corrected chi connectivity index (χ0v) is 18.9. The molecule has 0 unspecified atom stereocenters. The van der Waals surface area contributed by atoms with Crippen molar-refractivity contribution in [2.24, 2.45) is 0 Å². The summed E-state index contributed by atoms with van der Waals surface area (Å²) in [7, 11) is 0. The molecule has 7 nitrogen and oxygen atoms in total. The summed E-state index contributed by atoms with van der Waals surface area (Å²) in [6.07, 6.45) is 6.56. The van der Waals surface area contributed by atoms with Crippen molar-refractivity contribution < 1.29 is 18.4 Å². The second-order valence-corrected chi connectivity index (χ2v) is 8.15. The molecule has 2 aromatic carbocycles. The molecule has 1 aliphatic heterocycles. The molecule has 2 amide bonds. The summed E-state index contributed by atoms with van der Waals surface area (Å²) < 4.78 is 20.4. The van der Waals surface area contributed by atoms with Crippen molar-refractivity contribution in [3.63, 3.8) is 0 Å². The van der Waals surface area contributed by atoms with Gasteiger partial charge >= 0.3 is 0 Å². The Bertz CT molecular complexity index is 1340. The summed E-state index contributed by atoms with van der Waals surface area (Å²) in [6.45, 7) is 1.74. The summed E-state index contributed by atoms with van der Waals surface area (Å²) in [4.78, 5) is 28.7. The van der Waals surface area contributed by atoms with E-state index in [0.717, 1.165) is 16.8 Å². The number of nitrogens with zero attached hydrogens (tertiary/aromatic N) is 4. The Kier molecular flexibility index (Phi) is 6.26. The third-order valence-corrected chi connectivity index (χ3v) is 5.90. The molecule has 0 radical (unpaired) electrons. The van der Waals surface area contributed by atoms with Crippen LogP contribution in [0.25, 0.3) is 23.0 Å². The van der Waals surface area contributed by atoms with Crippen LogP contribution in [0.15, 0.2) is 89.7 Å². The number of carbonyl (C=O) groups excluding carboxylic acids is 2. The van der Waals surface area contributed by atoms with E-state index in [9.17, 15) is 14.0 Å². The number of hydrogen-bond acceptors (Lipinski definition) is 4. The maximum atomic E-state index is 13.5. The number of aromatic nitrogens is 2. The fourth-order valence-corrected chi connectivity index (χ4v) is 4.01. The molecule has 1 fully saturated rings.